The molecule has 4 rings (SSSR count). The number of hydrogen-bond donors (Lipinski definition) is 2. The molecule has 0 spiro atoms. The molecule has 1 aromatic heterocycles. The number of nitrogens with one attached hydrogen (secondary N) is 2. The molecule has 2 aliphatic rings. The molecular formula is C22H30N4O2S. The van der Waals surface area contributed by atoms with Gasteiger partial charge < -0.3 is 15.5 Å². The smallest absolute Gasteiger partial charge is 0.227 e. The molecule has 1 unspecified atom stereocenters. The second-order valence-electron chi connectivity index (χ2n) is 9.80. The summed E-state index contributed by atoms with van der Waals surface area (Å²) in [6.07, 6.45) is 2.02. The molecule has 6 nitrogen and oxygen atoms in total. The van der Waals surface area contributed by atoms with Crippen LogP contribution in [-0.4, -0.2) is 40.5 Å². The van der Waals surface area contributed by atoms with Crippen molar-refractivity contribution in [2.75, 3.05) is 11.4 Å². The third-order valence-electron chi connectivity index (χ3n) is 5.82. The van der Waals surface area contributed by atoms with Crippen LogP contribution in [0.5, 0.6) is 0 Å². The van der Waals surface area contributed by atoms with Gasteiger partial charge in [-0.15, -0.1) is 11.3 Å². The Morgan fingerprint density at radius 2 is 1.93 bits per heavy atom. The van der Waals surface area contributed by atoms with Crippen LogP contribution in [-0.2, 0) is 9.59 Å². The normalized spacial score (nSPS) is 24.2. The number of aryl methyl sites for hydroxylation is 1. The van der Waals surface area contributed by atoms with Crippen molar-refractivity contribution in [3.05, 3.63) is 23.2 Å². The number of hydrogen-bond acceptors (Lipinski definition) is 5. The van der Waals surface area contributed by atoms with Crippen molar-refractivity contribution < 1.29 is 9.59 Å². The Bertz CT molecular complexity index is 949. The quantitative estimate of drug-likeness (QED) is 0.807. The zero-order valence-corrected chi connectivity index (χ0v) is 18.7. The maximum atomic E-state index is 13.0. The van der Waals surface area contributed by atoms with Crippen molar-refractivity contribution in [2.45, 2.75) is 71.0 Å². The van der Waals surface area contributed by atoms with Gasteiger partial charge in [0.25, 0.3) is 0 Å². The molecule has 3 heterocycles. The van der Waals surface area contributed by atoms with E-state index in [0.717, 1.165) is 33.8 Å². The molecule has 0 bridgehead atoms. The van der Waals surface area contributed by atoms with E-state index in [0.29, 0.717) is 6.54 Å². The van der Waals surface area contributed by atoms with Crippen LogP contribution < -0.4 is 15.5 Å². The van der Waals surface area contributed by atoms with E-state index in [4.69, 9.17) is 0 Å². The monoisotopic (exact) mass is 414 g/mol. The fraction of sp³-hybridized carbons (Fsp3) is 0.591. The fourth-order valence-corrected chi connectivity index (χ4v) is 5.88. The Balaban J connectivity index is 1.45. The molecule has 156 valence electrons. The van der Waals surface area contributed by atoms with Crippen molar-refractivity contribution in [3.8, 4) is 0 Å². The van der Waals surface area contributed by atoms with Gasteiger partial charge in [-0.1, -0.05) is 0 Å². The number of carbonyl (C=O) groups is 2. The molecule has 2 aromatic rings. The van der Waals surface area contributed by atoms with Gasteiger partial charge in [0.2, 0.25) is 11.8 Å². The highest BCUT2D eigenvalue weighted by molar-refractivity contribution is 7.18. The first-order valence-corrected chi connectivity index (χ1v) is 11.1. The van der Waals surface area contributed by atoms with Crippen LogP contribution in [0.1, 0.15) is 52.0 Å². The lowest BCUT2D eigenvalue weighted by Crippen LogP contribution is -2.62. The number of anilines is 1. The van der Waals surface area contributed by atoms with Crippen LogP contribution >= 0.6 is 11.3 Å². The predicted octanol–water partition coefficient (Wildman–Crippen LogP) is 3.38. The Morgan fingerprint density at radius 1 is 1.24 bits per heavy atom. The van der Waals surface area contributed by atoms with E-state index in [-0.39, 0.29) is 41.3 Å². The van der Waals surface area contributed by atoms with E-state index in [1.807, 2.05) is 25.1 Å². The highest BCUT2D eigenvalue weighted by Gasteiger charge is 2.40. The predicted molar refractivity (Wildman–Crippen MR) is 117 cm³/mol. The lowest BCUT2D eigenvalue weighted by atomic mass is 9.79. The number of nitrogens with zero attached hydrogens (tertiary/aromatic N) is 2. The summed E-state index contributed by atoms with van der Waals surface area (Å²) >= 11 is 1.64. The zero-order valence-electron chi connectivity index (χ0n) is 17.8. The van der Waals surface area contributed by atoms with E-state index in [9.17, 15) is 9.59 Å². The van der Waals surface area contributed by atoms with Crippen molar-refractivity contribution >= 4 is 39.1 Å². The van der Waals surface area contributed by atoms with E-state index in [2.05, 4.69) is 43.3 Å². The zero-order chi connectivity index (χ0) is 21.0. The van der Waals surface area contributed by atoms with Crippen LogP contribution in [0.25, 0.3) is 10.2 Å². The first-order chi connectivity index (χ1) is 13.5. The van der Waals surface area contributed by atoms with E-state index >= 15 is 0 Å². The number of aromatic nitrogens is 1. The summed E-state index contributed by atoms with van der Waals surface area (Å²) in [5, 5.41) is 7.88. The minimum atomic E-state index is -0.309. The van der Waals surface area contributed by atoms with Crippen molar-refractivity contribution in [2.24, 2.45) is 5.92 Å². The maximum absolute atomic E-state index is 13.0. The number of rotatable bonds is 3. The maximum Gasteiger partial charge on any atom is 0.227 e. The summed E-state index contributed by atoms with van der Waals surface area (Å²) in [5.41, 5.74) is 1.67. The molecule has 0 aliphatic carbocycles. The van der Waals surface area contributed by atoms with Gasteiger partial charge in [-0.3, -0.25) is 9.59 Å². The van der Waals surface area contributed by atoms with Crippen LogP contribution in [0, 0.1) is 12.8 Å². The van der Waals surface area contributed by atoms with Crippen molar-refractivity contribution in [1.82, 2.24) is 15.6 Å². The van der Waals surface area contributed by atoms with Crippen molar-refractivity contribution in [1.29, 1.82) is 0 Å². The van der Waals surface area contributed by atoms with Crippen LogP contribution in [0.3, 0.4) is 0 Å². The summed E-state index contributed by atoms with van der Waals surface area (Å²) in [6.45, 7) is 11.1. The first kappa shape index (κ1) is 20.3. The number of benzene rings is 1. The summed E-state index contributed by atoms with van der Waals surface area (Å²) in [7, 11) is 0. The highest BCUT2D eigenvalue weighted by atomic mass is 32.1. The molecule has 1 aromatic carbocycles. The largest absolute Gasteiger partial charge is 0.353 e. The van der Waals surface area contributed by atoms with Crippen molar-refractivity contribution in [3.63, 3.8) is 0 Å². The summed E-state index contributed by atoms with van der Waals surface area (Å²) in [5.74, 6) is -0.316. The van der Waals surface area contributed by atoms with Gasteiger partial charge in [-0.25, -0.2) is 4.98 Å². The van der Waals surface area contributed by atoms with Crippen LogP contribution in [0.15, 0.2) is 18.2 Å². The molecule has 0 saturated carbocycles. The van der Waals surface area contributed by atoms with Gasteiger partial charge in [0.15, 0.2) is 0 Å². The number of fused-ring (bicyclic) bond motifs is 1. The average Bonchev–Trinajstić information content (AvgIpc) is 3.12. The Kier molecular flexibility index (Phi) is 4.94. The molecule has 0 radical (unpaired) electrons. The van der Waals surface area contributed by atoms with Gasteiger partial charge in [0.05, 0.1) is 21.1 Å². The van der Waals surface area contributed by atoms with Crippen LogP contribution in [0.2, 0.25) is 0 Å². The molecule has 2 aliphatic heterocycles. The third-order valence-corrected chi connectivity index (χ3v) is 6.77. The molecule has 2 N–H and O–H groups in total. The molecule has 29 heavy (non-hydrogen) atoms. The molecule has 2 amide bonds. The number of amides is 2. The topological polar surface area (TPSA) is 74.3 Å². The van der Waals surface area contributed by atoms with Gasteiger partial charge in [0, 0.05) is 35.8 Å². The highest BCUT2D eigenvalue weighted by Crippen LogP contribution is 2.32. The van der Waals surface area contributed by atoms with E-state index < -0.39 is 0 Å². The van der Waals surface area contributed by atoms with E-state index in [1.165, 1.54) is 0 Å². The Labute approximate surface area is 176 Å². The molecule has 1 atom stereocenters. The minimum Gasteiger partial charge on any atom is -0.353 e. The molecule has 2 saturated heterocycles. The second-order valence-corrected chi connectivity index (χ2v) is 11.0. The van der Waals surface area contributed by atoms with Gasteiger partial charge in [-0.05, 0) is 65.7 Å². The van der Waals surface area contributed by atoms with Crippen LogP contribution in [0.4, 0.5) is 5.69 Å². The number of thiazole rings is 1. The molecule has 7 heteroatoms. The molecule has 2 fully saturated rings. The summed E-state index contributed by atoms with van der Waals surface area (Å²) in [6, 6.07) is 6.03. The first-order valence-electron chi connectivity index (χ1n) is 10.3. The fourth-order valence-electron chi connectivity index (χ4n) is 5.08. The lowest BCUT2D eigenvalue weighted by Gasteiger charge is -2.46. The summed E-state index contributed by atoms with van der Waals surface area (Å²) < 4.78 is 1.11. The van der Waals surface area contributed by atoms with Gasteiger partial charge in [-0.2, -0.15) is 0 Å². The lowest BCUT2D eigenvalue weighted by molar-refractivity contribution is -0.127. The van der Waals surface area contributed by atoms with Gasteiger partial charge in [0.1, 0.15) is 0 Å². The number of piperidine rings is 1. The number of carbonyl (C=O) groups excluding carboxylic acids is 2. The average molecular weight is 415 g/mol. The molecular weight excluding hydrogens is 384 g/mol. The van der Waals surface area contributed by atoms with Gasteiger partial charge >= 0.3 is 0 Å². The second kappa shape index (κ2) is 7.06. The summed E-state index contributed by atoms with van der Waals surface area (Å²) in [4.78, 5) is 31.9. The Hall–Kier alpha value is -1.99. The standard InChI is InChI=1S/C22H30N4O2S/c1-13-23-17-9-16(6-7-18(17)29-13)26-12-14(8-19(26)27)20(28)24-15-10-21(2,3)25-22(4,5)11-15/h6-7,9,14-15,25H,8,10-12H2,1-5H3,(H,24,28). The Morgan fingerprint density at radius 3 is 2.62 bits per heavy atom. The third kappa shape index (κ3) is 4.31. The minimum absolute atomic E-state index is 0.00224. The SMILES string of the molecule is Cc1nc2cc(N3CC(C(=O)NC4CC(C)(C)NC(C)(C)C4)CC3=O)ccc2s1. The van der Waals surface area contributed by atoms with E-state index in [1.54, 1.807) is 16.2 Å².